The molecule has 9 heteroatoms. The fourth-order valence-corrected chi connectivity index (χ4v) is 3.63. The zero-order valence-corrected chi connectivity index (χ0v) is 18.1. The van der Waals surface area contributed by atoms with E-state index in [-0.39, 0.29) is 24.6 Å². The second-order valence-electron chi connectivity index (χ2n) is 7.02. The molecule has 0 unspecified atom stereocenters. The van der Waals surface area contributed by atoms with E-state index >= 15 is 0 Å². The summed E-state index contributed by atoms with van der Waals surface area (Å²) in [5.74, 6) is -0.219. The van der Waals surface area contributed by atoms with Gasteiger partial charge < -0.3 is 28.3 Å². The molecule has 0 N–H and O–H groups in total. The van der Waals surface area contributed by atoms with E-state index in [0.29, 0.717) is 28.4 Å². The van der Waals surface area contributed by atoms with Crippen LogP contribution in [0.25, 0.3) is 22.6 Å². The molecule has 0 saturated carbocycles. The third-order valence-electron chi connectivity index (χ3n) is 5.25. The van der Waals surface area contributed by atoms with E-state index in [4.69, 9.17) is 23.4 Å². The number of rotatable bonds is 5. The molecule has 2 heterocycles. The summed E-state index contributed by atoms with van der Waals surface area (Å²) in [6.07, 6.45) is 0. The largest absolute Gasteiger partial charge is 0.497 e. The Morgan fingerprint density at radius 3 is 2.56 bits per heavy atom. The molecule has 0 bridgehead atoms. The van der Waals surface area contributed by atoms with Crippen molar-refractivity contribution in [3.05, 3.63) is 53.2 Å². The molecule has 1 aliphatic rings. The number of hydrogen-bond acceptors (Lipinski definition) is 9. The van der Waals surface area contributed by atoms with Crippen molar-refractivity contribution < 1.29 is 33.0 Å². The van der Waals surface area contributed by atoms with Gasteiger partial charge in [0, 0.05) is 17.3 Å². The van der Waals surface area contributed by atoms with Gasteiger partial charge in [-0.1, -0.05) is 6.07 Å². The van der Waals surface area contributed by atoms with Crippen molar-refractivity contribution in [2.24, 2.45) is 0 Å². The number of carbonyl (C=O) groups excluding carboxylic acids is 2. The highest BCUT2D eigenvalue weighted by Crippen LogP contribution is 2.36. The average Bonchev–Trinajstić information content (AvgIpc) is 3.25. The normalized spacial score (nSPS) is 13.9. The Balaban J connectivity index is 1.83. The molecule has 3 aromatic rings. The van der Waals surface area contributed by atoms with E-state index in [1.54, 1.807) is 30.2 Å². The summed E-state index contributed by atoms with van der Waals surface area (Å²) in [6.45, 7) is 1.88. The maximum absolute atomic E-state index is 12.6. The summed E-state index contributed by atoms with van der Waals surface area (Å²) in [6, 6.07) is 10.9. The third kappa shape index (κ3) is 3.67. The molecule has 0 amide bonds. The van der Waals surface area contributed by atoms with E-state index in [2.05, 4.69) is 4.98 Å². The first-order chi connectivity index (χ1) is 15.5. The Morgan fingerprint density at radius 2 is 1.84 bits per heavy atom. The van der Waals surface area contributed by atoms with Crippen LogP contribution in [-0.2, 0) is 23.8 Å². The van der Waals surface area contributed by atoms with Crippen molar-refractivity contribution in [2.75, 3.05) is 39.6 Å². The molecule has 0 radical (unpaired) electrons. The lowest BCUT2D eigenvalue weighted by molar-refractivity contribution is -0.140. The third-order valence-corrected chi connectivity index (χ3v) is 5.25. The van der Waals surface area contributed by atoms with Gasteiger partial charge in [-0.2, -0.15) is 0 Å². The van der Waals surface area contributed by atoms with Crippen LogP contribution in [0.4, 0.5) is 5.69 Å². The Morgan fingerprint density at radius 1 is 1.06 bits per heavy atom. The number of benzene rings is 2. The fourth-order valence-electron chi connectivity index (χ4n) is 3.63. The smallest absolute Gasteiger partial charge is 0.355 e. The molecule has 166 valence electrons. The first kappa shape index (κ1) is 21.4. The summed E-state index contributed by atoms with van der Waals surface area (Å²) >= 11 is 0. The number of fused-ring (bicyclic) bond motifs is 1. The van der Waals surface area contributed by atoms with Gasteiger partial charge in [0.25, 0.3) is 0 Å². The number of hydrogen-bond donors (Lipinski definition) is 0. The molecule has 0 spiro atoms. The summed E-state index contributed by atoms with van der Waals surface area (Å²) in [5.41, 5.74) is 3.60. The summed E-state index contributed by atoms with van der Waals surface area (Å²) < 4.78 is 26.6. The van der Waals surface area contributed by atoms with Crippen LogP contribution in [0.1, 0.15) is 5.56 Å². The van der Waals surface area contributed by atoms with Gasteiger partial charge in [-0.15, -0.1) is 0 Å². The van der Waals surface area contributed by atoms with Crippen LogP contribution < -0.4 is 9.64 Å². The fraction of sp³-hybridized carbons (Fsp3) is 0.261. The number of aromatic nitrogens is 1. The van der Waals surface area contributed by atoms with Crippen LogP contribution in [-0.4, -0.2) is 51.6 Å². The van der Waals surface area contributed by atoms with Crippen molar-refractivity contribution in [3.8, 4) is 17.2 Å². The predicted octanol–water partition coefficient (Wildman–Crippen LogP) is 3.21. The Labute approximate surface area is 184 Å². The van der Waals surface area contributed by atoms with Gasteiger partial charge in [0.05, 0.1) is 33.5 Å². The number of methoxy groups -OCH3 is 3. The highest BCUT2D eigenvalue weighted by atomic mass is 16.5. The second kappa shape index (κ2) is 8.72. The molecular formula is C23H22N2O7. The Bertz CT molecular complexity index is 1230. The predicted molar refractivity (Wildman–Crippen MR) is 115 cm³/mol. The van der Waals surface area contributed by atoms with Crippen LogP contribution >= 0.6 is 0 Å². The number of esters is 2. The first-order valence-corrected chi connectivity index (χ1v) is 9.78. The molecule has 9 nitrogen and oxygen atoms in total. The van der Waals surface area contributed by atoms with Gasteiger partial charge in [0.1, 0.15) is 23.7 Å². The highest BCUT2D eigenvalue weighted by molar-refractivity contribution is 6.03. The molecular weight excluding hydrogens is 416 g/mol. The van der Waals surface area contributed by atoms with Crippen molar-refractivity contribution in [1.82, 2.24) is 4.98 Å². The van der Waals surface area contributed by atoms with Gasteiger partial charge in [-0.3, -0.25) is 0 Å². The molecule has 1 aliphatic heterocycles. The van der Waals surface area contributed by atoms with Gasteiger partial charge in [0.2, 0.25) is 5.89 Å². The van der Waals surface area contributed by atoms with Crippen LogP contribution in [0, 0.1) is 6.92 Å². The molecule has 0 fully saturated rings. The minimum Gasteiger partial charge on any atom is -0.497 e. The average molecular weight is 438 g/mol. The van der Waals surface area contributed by atoms with Crippen molar-refractivity contribution in [1.29, 1.82) is 0 Å². The van der Waals surface area contributed by atoms with E-state index in [1.165, 1.54) is 14.2 Å². The Hall–Kier alpha value is -3.85. The maximum Gasteiger partial charge on any atom is 0.355 e. The van der Waals surface area contributed by atoms with Gasteiger partial charge in [0.15, 0.2) is 5.58 Å². The van der Waals surface area contributed by atoms with Crippen LogP contribution in [0.3, 0.4) is 0 Å². The van der Waals surface area contributed by atoms with E-state index in [9.17, 15) is 9.59 Å². The topological polar surface area (TPSA) is 100 Å². The summed E-state index contributed by atoms with van der Waals surface area (Å²) in [4.78, 5) is 31.0. The number of carbonyl (C=O) groups is 2. The zero-order valence-electron chi connectivity index (χ0n) is 18.1. The SMILES string of the molecule is COC(=O)C1=C(C(=O)OC)N(c2cccc(-c3nc4cc(OC)ccc4o3)c2C)COC1. The molecule has 1 aromatic heterocycles. The van der Waals surface area contributed by atoms with Gasteiger partial charge in [-0.25, -0.2) is 14.6 Å². The minimum absolute atomic E-state index is 0.0555. The molecule has 0 saturated heterocycles. The van der Waals surface area contributed by atoms with Crippen molar-refractivity contribution in [2.45, 2.75) is 6.92 Å². The Kier molecular flexibility index (Phi) is 5.83. The van der Waals surface area contributed by atoms with E-state index in [0.717, 1.165) is 11.1 Å². The second-order valence-corrected chi connectivity index (χ2v) is 7.02. The highest BCUT2D eigenvalue weighted by Gasteiger charge is 2.33. The number of oxazole rings is 1. The summed E-state index contributed by atoms with van der Waals surface area (Å²) in [5, 5.41) is 0. The standard InChI is InChI=1S/C23H22N2O7/c1-13-15(21-24-17-10-14(28-2)8-9-19(17)32-21)6-5-7-18(13)25-12-31-11-16(22(26)29-3)20(25)23(27)30-4/h5-10H,11-12H2,1-4H3. The first-order valence-electron chi connectivity index (χ1n) is 9.78. The molecule has 4 rings (SSSR count). The van der Waals surface area contributed by atoms with Crippen molar-refractivity contribution >= 4 is 28.7 Å². The monoisotopic (exact) mass is 438 g/mol. The summed E-state index contributed by atoms with van der Waals surface area (Å²) in [7, 11) is 4.09. The van der Waals surface area contributed by atoms with Crippen molar-refractivity contribution in [3.63, 3.8) is 0 Å². The van der Waals surface area contributed by atoms with E-state index < -0.39 is 11.9 Å². The number of anilines is 1. The number of nitrogens with zero attached hydrogens (tertiary/aromatic N) is 2. The van der Waals surface area contributed by atoms with Crippen LogP contribution in [0.2, 0.25) is 0 Å². The molecule has 2 aromatic carbocycles. The quantitative estimate of drug-likeness (QED) is 0.556. The lowest BCUT2D eigenvalue weighted by Gasteiger charge is -2.32. The van der Waals surface area contributed by atoms with Gasteiger partial charge in [-0.05, 0) is 36.8 Å². The zero-order chi connectivity index (χ0) is 22.8. The van der Waals surface area contributed by atoms with E-state index in [1.807, 2.05) is 25.1 Å². The molecule has 0 atom stereocenters. The molecule has 0 aliphatic carbocycles. The number of ether oxygens (including phenoxy) is 4. The lowest BCUT2D eigenvalue weighted by Crippen LogP contribution is -2.39. The minimum atomic E-state index is -0.660. The van der Waals surface area contributed by atoms with Crippen LogP contribution in [0.5, 0.6) is 5.75 Å². The maximum atomic E-state index is 12.6. The lowest BCUT2D eigenvalue weighted by atomic mass is 10.0. The van der Waals surface area contributed by atoms with Gasteiger partial charge >= 0.3 is 11.9 Å². The molecule has 32 heavy (non-hydrogen) atoms. The van der Waals surface area contributed by atoms with Crippen LogP contribution in [0.15, 0.2) is 52.1 Å².